The Kier molecular flexibility index (Phi) is 7.00. The van der Waals surface area contributed by atoms with Gasteiger partial charge in [-0.3, -0.25) is 0 Å². The summed E-state index contributed by atoms with van der Waals surface area (Å²) in [4.78, 5) is 15.5. The van der Waals surface area contributed by atoms with E-state index >= 15 is 0 Å². The zero-order chi connectivity index (χ0) is 37.8. The van der Waals surface area contributed by atoms with Crippen molar-refractivity contribution in [3.05, 3.63) is 157 Å². The molecule has 0 amide bonds. The van der Waals surface area contributed by atoms with E-state index in [2.05, 4.69) is 129 Å². The van der Waals surface area contributed by atoms with E-state index in [1.54, 1.807) is 0 Å². The van der Waals surface area contributed by atoms with E-state index < -0.39 is 0 Å². The minimum atomic E-state index is 0.0916. The summed E-state index contributed by atoms with van der Waals surface area (Å²) in [5.41, 5.74) is 11.2. The lowest BCUT2D eigenvalue weighted by Crippen LogP contribution is -2.33. The van der Waals surface area contributed by atoms with Crippen molar-refractivity contribution in [2.75, 3.05) is 0 Å². The number of fused-ring (bicyclic) bond motifs is 8. The summed E-state index contributed by atoms with van der Waals surface area (Å²) in [6, 6.07) is 51.5. The fourth-order valence-corrected chi connectivity index (χ4v) is 9.17. The van der Waals surface area contributed by atoms with Gasteiger partial charge in [0.25, 0.3) is 0 Å². The molecule has 0 saturated heterocycles. The highest BCUT2D eigenvalue weighted by Crippen LogP contribution is 2.49. The van der Waals surface area contributed by atoms with Gasteiger partial charge in [0, 0.05) is 43.6 Å². The highest BCUT2D eigenvalue weighted by molar-refractivity contribution is 6.12. The zero-order valence-electron chi connectivity index (χ0n) is 32.0. The molecule has 56 heavy (non-hydrogen) atoms. The molecule has 0 saturated carbocycles. The monoisotopic (exact) mass is 724 g/mol. The fraction of sp³-hybridized carbons (Fsp3) is 0.157. The summed E-state index contributed by atoms with van der Waals surface area (Å²) in [5, 5.41) is 6.91. The van der Waals surface area contributed by atoms with Crippen LogP contribution < -0.4 is 0 Å². The van der Waals surface area contributed by atoms with Gasteiger partial charge in [-0.05, 0) is 94.8 Å². The second-order valence-corrected chi connectivity index (χ2v) is 16.7. The number of hydrogen-bond donors (Lipinski definition) is 0. The highest BCUT2D eigenvalue weighted by atomic mass is 16.3. The Morgan fingerprint density at radius 1 is 0.446 bits per heavy atom. The van der Waals surface area contributed by atoms with Crippen LogP contribution in [0, 0.1) is 0 Å². The summed E-state index contributed by atoms with van der Waals surface area (Å²) >= 11 is 0. The molecule has 0 aliphatic heterocycles. The van der Waals surface area contributed by atoms with Gasteiger partial charge < -0.3 is 8.98 Å². The maximum Gasteiger partial charge on any atom is 0.164 e. The van der Waals surface area contributed by atoms with Gasteiger partial charge in [-0.1, -0.05) is 119 Å². The first-order valence-electron chi connectivity index (χ1n) is 19.6. The number of furan rings is 1. The van der Waals surface area contributed by atoms with Crippen LogP contribution in [-0.2, 0) is 10.8 Å². The van der Waals surface area contributed by atoms with E-state index in [-0.39, 0.29) is 10.8 Å². The molecule has 1 aliphatic carbocycles. The Hall–Kier alpha value is -6.59. The quantitative estimate of drug-likeness (QED) is 0.181. The second kappa shape index (κ2) is 12.0. The fourth-order valence-electron chi connectivity index (χ4n) is 9.17. The van der Waals surface area contributed by atoms with Gasteiger partial charge in [0.15, 0.2) is 17.5 Å². The highest BCUT2D eigenvalue weighted by Gasteiger charge is 2.38. The lowest BCUT2D eigenvalue weighted by Gasteiger charge is -2.42. The van der Waals surface area contributed by atoms with Crippen molar-refractivity contribution in [2.45, 2.75) is 51.4 Å². The van der Waals surface area contributed by atoms with Crippen molar-refractivity contribution in [1.82, 2.24) is 19.5 Å². The van der Waals surface area contributed by atoms with Crippen molar-refractivity contribution in [2.24, 2.45) is 0 Å². The molecule has 1 aliphatic rings. The molecule has 3 aromatic heterocycles. The molecule has 0 N–H and O–H groups in total. The van der Waals surface area contributed by atoms with E-state index in [1.165, 1.54) is 45.8 Å². The minimum Gasteiger partial charge on any atom is -0.456 e. The molecule has 0 unspecified atom stereocenters. The van der Waals surface area contributed by atoms with Crippen LogP contribution in [0.1, 0.15) is 51.7 Å². The summed E-state index contributed by atoms with van der Waals surface area (Å²) in [6.07, 6.45) is 2.35. The molecular weight excluding hydrogens is 685 g/mol. The average molecular weight is 725 g/mol. The molecule has 10 aromatic rings. The first-order valence-corrected chi connectivity index (χ1v) is 19.6. The van der Waals surface area contributed by atoms with Crippen LogP contribution in [0.2, 0.25) is 0 Å². The maximum absolute atomic E-state index is 6.16. The topological polar surface area (TPSA) is 56.7 Å². The molecule has 7 aromatic carbocycles. The van der Waals surface area contributed by atoms with E-state index in [0.29, 0.717) is 17.5 Å². The molecular formula is C51H40N4O. The Morgan fingerprint density at radius 3 is 1.84 bits per heavy atom. The van der Waals surface area contributed by atoms with Crippen molar-refractivity contribution in [1.29, 1.82) is 0 Å². The summed E-state index contributed by atoms with van der Waals surface area (Å²) in [7, 11) is 0. The van der Waals surface area contributed by atoms with Crippen molar-refractivity contribution >= 4 is 54.5 Å². The normalized spacial score (nSPS) is 14.9. The summed E-state index contributed by atoms with van der Waals surface area (Å²) < 4.78 is 8.64. The summed E-state index contributed by atoms with van der Waals surface area (Å²) in [5.74, 6) is 1.88. The van der Waals surface area contributed by atoms with Crippen molar-refractivity contribution in [3.63, 3.8) is 0 Å². The number of rotatable bonds is 4. The van der Waals surface area contributed by atoms with Crippen LogP contribution in [0.15, 0.2) is 150 Å². The SMILES string of the molecule is CC1(C)CCC(C)(C)c2cc3c(cc21)c1ccccc1n3-c1ccc(-c2nc(-c3ccccc3)nc(-c3ccc4oc5ccccc5c4c3)n2)c2ccccc12. The first-order chi connectivity index (χ1) is 27.2. The molecule has 11 rings (SSSR count). The third-order valence-corrected chi connectivity index (χ3v) is 12.3. The van der Waals surface area contributed by atoms with Crippen LogP contribution in [-0.4, -0.2) is 19.5 Å². The van der Waals surface area contributed by atoms with E-state index in [9.17, 15) is 0 Å². The predicted molar refractivity (Wildman–Crippen MR) is 231 cm³/mol. The van der Waals surface area contributed by atoms with Crippen molar-refractivity contribution in [3.8, 4) is 39.9 Å². The van der Waals surface area contributed by atoms with E-state index in [1.807, 2.05) is 48.5 Å². The second-order valence-electron chi connectivity index (χ2n) is 16.7. The molecule has 3 heterocycles. The Bertz CT molecular complexity index is 3200. The molecule has 0 radical (unpaired) electrons. The maximum atomic E-state index is 6.16. The van der Waals surface area contributed by atoms with Crippen LogP contribution in [0.25, 0.3) is 94.4 Å². The van der Waals surface area contributed by atoms with Gasteiger partial charge in [0.2, 0.25) is 0 Å². The van der Waals surface area contributed by atoms with Gasteiger partial charge in [0.1, 0.15) is 11.2 Å². The largest absolute Gasteiger partial charge is 0.456 e. The third-order valence-electron chi connectivity index (χ3n) is 12.3. The molecule has 5 heteroatoms. The first kappa shape index (κ1) is 32.8. The molecule has 0 spiro atoms. The molecule has 5 nitrogen and oxygen atoms in total. The van der Waals surface area contributed by atoms with Gasteiger partial charge in [-0.15, -0.1) is 0 Å². The van der Waals surface area contributed by atoms with Crippen LogP contribution in [0.4, 0.5) is 0 Å². The van der Waals surface area contributed by atoms with Crippen LogP contribution >= 0.6 is 0 Å². The zero-order valence-corrected chi connectivity index (χ0v) is 32.0. The standard InChI is InChI=1S/C51H40N4O/c1-50(2)26-27-51(3,4)41-30-44-38(29-40(41)50)35-18-10-12-20-42(35)55(44)43-24-23-37(33-16-8-9-17-34(33)43)49-53-47(31-14-6-5-7-15-31)52-48(54-49)32-22-25-46-39(28-32)36-19-11-13-21-45(36)56-46/h5-25,28-30H,26-27H2,1-4H3. The molecule has 0 atom stereocenters. The Morgan fingerprint density at radius 2 is 1.05 bits per heavy atom. The lowest BCUT2D eigenvalue weighted by molar-refractivity contribution is 0.332. The number of aromatic nitrogens is 4. The number of benzene rings is 7. The Balaban J connectivity index is 1.14. The number of para-hydroxylation sites is 2. The van der Waals surface area contributed by atoms with Gasteiger partial charge in [-0.25, -0.2) is 15.0 Å². The molecule has 270 valence electrons. The van der Waals surface area contributed by atoms with Gasteiger partial charge >= 0.3 is 0 Å². The molecule has 0 fully saturated rings. The van der Waals surface area contributed by atoms with Crippen LogP contribution in [0.5, 0.6) is 0 Å². The Labute approximate surface area is 325 Å². The number of hydrogen-bond acceptors (Lipinski definition) is 4. The molecule has 0 bridgehead atoms. The minimum absolute atomic E-state index is 0.0916. The third kappa shape index (κ3) is 4.97. The number of nitrogens with zero attached hydrogens (tertiary/aromatic N) is 4. The average Bonchev–Trinajstić information content (AvgIpc) is 3.77. The van der Waals surface area contributed by atoms with Crippen molar-refractivity contribution < 1.29 is 4.42 Å². The van der Waals surface area contributed by atoms with Gasteiger partial charge in [-0.2, -0.15) is 0 Å². The predicted octanol–water partition coefficient (Wildman–Crippen LogP) is 13.4. The van der Waals surface area contributed by atoms with Crippen LogP contribution in [0.3, 0.4) is 0 Å². The van der Waals surface area contributed by atoms with Gasteiger partial charge in [0.05, 0.1) is 16.7 Å². The summed E-state index contributed by atoms with van der Waals surface area (Å²) in [6.45, 7) is 9.64. The lowest BCUT2D eigenvalue weighted by atomic mass is 9.63. The van der Waals surface area contributed by atoms with E-state index in [0.717, 1.165) is 55.1 Å². The van der Waals surface area contributed by atoms with E-state index in [4.69, 9.17) is 19.4 Å². The smallest absolute Gasteiger partial charge is 0.164 e.